The van der Waals surface area contributed by atoms with Crippen LogP contribution in [0.3, 0.4) is 0 Å². The summed E-state index contributed by atoms with van der Waals surface area (Å²) in [6, 6.07) is 0. The van der Waals surface area contributed by atoms with Crippen molar-refractivity contribution in [2.75, 3.05) is 14.2 Å². The van der Waals surface area contributed by atoms with Crippen molar-refractivity contribution in [1.82, 2.24) is 11.0 Å². The van der Waals surface area contributed by atoms with E-state index in [4.69, 9.17) is 10.2 Å². The maximum atomic E-state index is 9.36. The van der Waals surface area contributed by atoms with Crippen LogP contribution in [0.15, 0.2) is 0 Å². The minimum absolute atomic E-state index is 0. The lowest BCUT2D eigenvalue weighted by Gasteiger charge is -1.88. The highest BCUT2D eigenvalue weighted by Crippen LogP contribution is 1.54. The molecule has 0 spiro atoms. The maximum Gasteiger partial charge on any atom is 0.428 e. The Labute approximate surface area is 73.5 Å². The summed E-state index contributed by atoms with van der Waals surface area (Å²) in [6.45, 7) is 0. The first kappa shape index (κ1) is 17.5. The van der Waals surface area contributed by atoms with Crippen molar-refractivity contribution in [2.45, 2.75) is 0 Å². The molecule has 0 fully saturated rings. The van der Waals surface area contributed by atoms with E-state index in [1.54, 1.807) is 11.0 Å². The summed E-state index contributed by atoms with van der Waals surface area (Å²) < 4.78 is 0. The standard InChI is InChI=1S/2C2H5NO3.H2O/c2*1-6-3-2(4)5;/h2*3H,1H3,(H,4,5);1H2. The number of carboxylic acid groups (broad SMARTS) is 2. The Bertz CT molecular complexity index is 122. The summed E-state index contributed by atoms with van der Waals surface area (Å²) in [6.07, 6.45) is -2.37. The van der Waals surface area contributed by atoms with Crippen LogP contribution in [0.4, 0.5) is 9.59 Å². The van der Waals surface area contributed by atoms with E-state index in [2.05, 4.69) is 9.68 Å². The molecule has 6 N–H and O–H groups in total. The zero-order valence-electron chi connectivity index (χ0n) is 7.03. The Balaban J connectivity index is -0.000000143. The highest BCUT2D eigenvalue weighted by Gasteiger charge is 1.84. The van der Waals surface area contributed by atoms with E-state index in [9.17, 15) is 9.59 Å². The topological polar surface area (TPSA) is 149 Å². The molecule has 0 bridgehead atoms. The molecule has 0 aliphatic heterocycles. The van der Waals surface area contributed by atoms with Gasteiger partial charge < -0.3 is 15.7 Å². The Morgan fingerprint density at radius 1 is 1.00 bits per heavy atom. The van der Waals surface area contributed by atoms with Gasteiger partial charge >= 0.3 is 12.2 Å². The minimum atomic E-state index is -1.18. The maximum absolute atomic E-state index is 9.36. The van der Waals surface area contributed by atoms with Gasteiger partial charge in [-0.05, 0) is 0 Å². The molecule has 0 aliphatic rings. The third kappa shape index (κ3) is 37.8. The van der Waals surface area contributed by atoms with Crippen molar-refractivity contribution in [3.05, 3.63) is 0 Å². The van der Waals surface area contributed by atoms with Gasteiger partial charge in [-0.1, -0.05) is 0 Å². The van der Waals surface area contributed by atoms with Crippen molar-refractivity contribution in [3.63, 3.8) is 0 Å². The molecule has 0 unspecified atom stereocenters. The molecular formula is C4H12N2O7. The first-order valence-electron chi connectivity index (χ1n) is 2.58. The van der Waals surface area contributed by atoms with Crippen LogP contribution in [0.25, 0.3) is 0 Å². The van der Waals surface area contributed by atoms with Crippen molar-refractivity contribution >= 4 is 12.2 Å². The summed E-state index contributed by atoms with van der Waals surface area (Å²) in [5.74, 6) is 0. The molecule has 0 aromatic rings. The Morgan fingerprint density at radius 3 is 1.23 bits per heavy atom. The molecule has 2 amide bonds. The van der Waals surface area contributed by atoms with E-state index in [0.29, 0.717) is 0 Å². The third-order valence-corrected chi connectivity index (χ3v) is 0.379. The van der Waals surface area contributed by atoms with Crippen molar-refractivity contribution in [1.29, 1.82) is 0 Å². The molecule has 0 aliphatic carbocycles. The van der Waals surface area contributed by atoms with Gasteiger partial charge in [0.15, 0.2) is 0 Å². The summed E-state index contributed by atoms with van der Waals surface area (Å²) in [7, 11) is 2.46. The van der Waals surface area contributed by atoms with Gasteiger partial charge in [-0.3, -0.25) is 9.68 Å². The quantitative estimate of drug-likeness (QED) is 0.411. The minimum Gasteiger partial charge on any atom is -0.464 e. The summed E-state index contributed by atoms with van der Waals surface area (Å²) >= 11 is 0. The first-order valence-corrected chi connectivity index (χ1v) is 2.58. The number of hydroxylamine groups is 2. The second-order valence-corrected chi connectivity index (χ2v) is 1.22. The lowest BCUT2D eigenvalue weighted by molar-refractivity contribution is 0.0801. The highest BCUT2D eigenvalue weighted by molar-refractivity contribution is 5.63. The number of carbonyl (C=O) groups is 2. The molecule has 0 heterocycles. The summed E-state index contributed by atoms with van der Waals surface area (Å²) in [5.41, 5.74) is 3.25. The normalized spacial score (nSPS) is 6.92. The van der Waals surface area contributed by atoms with Crippen molar-refractivity contribution in [3.8, 4) is 0 Å². The van der Waals surface area contributed by atoms with Crippen LogP contribution in [0.5, 0.6) is 0 Å². The molecule has 9 nitrogen and oxygen atoms in total. The van der Waals surface area contributed by atoms with Gasteiger partial charge in [0, 0.05) is 0 Å². The van der Waals surface area contributed by atoms with Gasteiger partial charge in [0.25, 0.3) is 0 Å². The van der Waals surface area contributed by atoms with Crippen LogP contribution in [0.2, 0.25) is 0 Å². The number of rotatable bonds is 2. The molecule has 0 saturated carbocycles. The van der Waals surface area contributed by atoms with E-state index in [0.717, 1.165) is 0 Å². The largest absolute Gasteiger partial charge is 0.464 e. The van der Waals surface area contributed by atoms with Crippen LogP contribution < -0.4 is 11.0 Å². The second kappa shape index (κ2) is 13.0. The zero-order valence-corrected chi connectivity index (χ0v) is 7.03. The van der Waals surface area contributed by atoms with E-state index >= 15 is 0 Å². The highest BCUT2D eigenvalue weighted by atomic mass is 16.7. The van der Waals surface area contributed by atoms with Crippen molar-refractivity contribution < 1.29 is 35.0 Å². The Kier molecular flexibility index (Phi) is 17.5. The van der Waals surface area contributed by atoms with Crippen LogP contribution in [-0.4, -0.2) is 42.1 Å². The predicted molar refractivity (Wildman–Crippen MR) is 40.0 cm³/mol. The van der Waals surface area contributed by atoms with Gasteiger partial charge in [-0.15, -0.1) is 0 Å². The lowest BCUT2D eigenvalue weighted by Crippen LogP contribution is -2.18. The molecule has 9 heteroatoms. The zero-order chi connectivity index (χ0) is 9.98. The average Bonchev–Trinajstić information content (AvgIpc) is 1.87. The Hall–Kier alpha value is -1.58. The Morgan fingerprint density at radius 2 is 1.23 bits per heavy atom. The smallest absolute Gasteiger partial charge is 0.428 e. The molecule has 0 rings (SSSR count). The van der Waals surface area contributed by atoms with Crippen LogP contribution >= 0.6 is 0 Å². The number of amides is 2. The van der Waals surface area contributed by atoms with Crippen LogP contribution in [-0.2, 0) is 9.68 Å². The van der Waals surface area contributed by atoms with Crippen LogP contribution in [0.1, 0.15) is 0 Å². The molecular weight excluding hydrogens is 188 g/mol. The van der Waals surface area contributed by atoms with Gasteiger partial charge in [-0.2, -0.15) is 0 Å². The lowest BCUT2D eigenvalue weighted by atomic mass is 11.3. The molecule has 0 atom stereocenters. The van der Waals surface area contributed by atoms with E-state index in [-0.39, 0.29) is 5.48 Å². The fourth-order valence-electron chi connectivity index (χ4n) is 0.175. The number of hydrogen-bond acceptors (Lipinski definition) is 4. The number of nitrogens with one attached hydrogen (secondary N) is 2. The van der Waals surface area contributed by atoms with E-state index < -0.39 is 12.2 Å². The fraction of sp³-hybridized carbons (Fsp3) is 0.500. The van der Waals surface area contributed by atoms with Gasteiger partial charge in [-0.25, -0.2) is 20.5 Å². The molecule has 0 aromatic heterocycles. The van der Waals surface area contributed by atoms with Crippen LogP contribution in [0, 0.1) is 0 Å². The number of hydrogen-bond donors (Lipinski definition) is 4. The third-order valence-electron chi connectivity index (χ3n) is 0.379. The van der Waals surface area contributed by atoms with Gasteiger partial charge in [0.05, 0.1) is 14.2 Å². The van der Waals surface area contributed by atoms with Gasteiger partial charge in [0.1, 0.15) is 0 Å². The van der Waals surface area contributed by atoms with Gasteiger partial charge in [0.2, 0.25) is 0 Å². The van der Waals surface area contributed by atoms with Crippen molar-refractivity contribution in [2.24, 2.45) is 0 Å². The predicted octanol–water partition coefficient (Wildman–Crippen LogP) is -1.19. The molecule has 13 heavy (non-hydrogen) atoms. The molecule has 0 aromatic carbocycles. The second-order valence-electron chi connectivity index (χ2n) is 1.22. The summed E-state index contributed by atoms with van der Waals surface area (Å²) in [5, 5.41) is 15.4. The molecule has 0 radical (unpaired) electrons. The molecule has 0 saturated heterocycles. The summed E-state index contributed by atoms with van der Waals surface area (Å²) in [4.78, 5) is 26.6. The monoisotopic (exact) mass is 200 g/mol. The van der Waals surface area contributed by atoms with E-state index in [1.165, 1.54) is 14.2 Å². The first-order chi connectivity index (χ1) is 5.54. The van der Waals surface area contributed by atoms with E-state index in [1.807, 2.05) is 0 Å². The fourth-order valence-corrected chi connectivity index (χ4v) is 0.175. The average molecular weight is 200 g/mol. The SMILES string of the molecule is CONC(=O)O.CONC(=O)O.O. The molecule has 80 valence electrons.